The van der Waals surface area contributed by atoms with Crippen LogP contribution in [0.4, 0.5) is 0 Å². The molecule has 0 heterocycles. The zero-order chi connectivity index (χ0) is 11.1. The Morgan fingerprint density at radius 2 is 1.60 bits per heavy atom. The van der Waals surface area contributed by atoms with Gasteiger partial charge in [-0.15, -0.1) is 0 Å². The first kappa shape index (κ1) is 12.3. The summed E-state index contributed by atoms with van der Waals surface area (Å²) in [6.45, 7) is 6.65. The molecule has 0 radical (unpaired) electrons. The van der Waals surface area contributed by atoms with Crippen LogP contribution in [-0.2, 0) is 6.42 Å². The standard InChI is InChI=1S/C15H24/c1-4-5-6-7-8-9-15-11-10-13(2)14(3)12-15/h10-12H,4-9H2,1-3H3. The van der Waals surface area contributed by atoms with Gasteiger partial charge in [0.25, 0.3) is 0 Å². The summed E-state index contributed by atoms with van der Waals surface area (Å²) >= 11 is 0. The fraction of sp³-hybridized carbons (Fsp3) is 0.600. The van der Waals surface area contributed by atoms with E-state index in [1.807, 2.05) is 0 Å². The third-order valence-electron chi connectivity index (χ3n) is 3.14. The summed E-state index contributed by atoms with van der Waals surface area (Å²) in [6.07, 6.45) is 8.13. The predicted octanol–water partition coefficient (Wildman–Crippen LogP) is 4.82. The van der Waals surface area contributed by atoms with Gasteiger partial charge in [-0.05, 0) is 43.4 Å². The van der Waals surface area contributed by atoms with Gasteiger partial charge in [0.05, 0.1) is 0 Å². The van der Waals surface area contributed by atoms with Crippen LogP contribution in [0, 0.1) is 13.8 Å². The van der Waals surface area contributed by atoms with Crippen molar-refractivity contribution in [1.29, 1.82) is 0 Å². The molecule has 0 aromatic heterocycles. The number of rotatable bonds is 6. The molecule has 0 N–H and O–H groups in total. The Morgan fingerprint density at radius 1 is 0.867 bits per heavy atom. The van der Waals surface area contributed by atoms with E-state index in [2.05, 4.69) is 39.0 Å². The fourth-order valence-corrected chi connectivity index (χ4v) is 1.89. The van der Waals surface area contributed by atoms with E-state index in [-0.39, 0.29) is 0 Å². The predicted molar refractivity (Wildman–Crippen MR) is 68.4 cm³/mol. The van der Waals surface area contributed by atoms with Gasteiger partial charge in [-0.2, -0.15) is 0 Å². The van der Waals surface area contributed by atoms with E-state index >= 15 is 0 Å². The molecule has 0 bridgehead atoms. The Kier molecular flexibility index (Phi) is 5.45. The molecule has 0 heteroatoms. The summed E-state index contributed by atoms with van der Waals surface area (Å²) in [5.74, 6) is 0. The molecule has 0 nitrogen and oxygen atoms in total. The Labute approximate surface area is 94.7 Å². The molecule has 15 heavy (non-hydrogen) atoms. The molecule has 0 saturated heterocycles. The van der Waals surface area contributed by atoms with Gasteiger partial charge in [0.1, 0.15) is 0 Å². The highest BCUT2D eigenvalue weighted by atomic mass is 14.0. The highest BCUT2D eigenvalue weighted by Gasteiger charge is 1.96. The van der Waals surface area contributed by atoms with Gasteiger partial charge in [0, 0.05) is 0 Å². The van der Waals surface area contributed by atoms with Gasteiger partial charge in [0.15, 0.2) is 0 Å². The fourth-order valence-electron chi connectivity index (χ4n) is 1.89. The van der Waals surface area contributed by atoms with Crippen LogP contribution in [0.2, 0.25) is 0 Å². The second-order valence-corrected chi connectivity index (χ2v) is 4.58. The largest absolute Gasteiger partial charge is 0.0654 e. The van der Waals surface area contributed by atoms with Crippen molar-refractivity contribution in [2.24, 2.45) is 0 Å². The van der Waals surface area contributed by atoms with Crippen LogP contribution in [-0.4, -0.2) is 0 Å². The van der Waals surface area contributed by atoms with Crippen molar-refractivity contribution in [1.82, 2.24) is 0 Å². The zero-order valence-corrected chi connectivity index (χ0v) is 10.5. The molecule has 0 aliphatic rings. The lowest BCUT2D eigenvalue weighted by molar-refractivity contribution is 0.632. The van der Waals surface area contributed by atoms with Crippen LogP contribution in [0.25, 0.3) is 0 Å². The van der Waals surface area contributed by atoms with E-state index in [9.17, 15) is 0 Å². The minimum Gasteiger partial charge on any atom is -0.0654 e. The Bertz CT molecular complexity index is 286. The quantitative estimate of drug-likeness (QED) is 0.583. The molecule has 0 spiro atoms. The van der Waals surface area contributed by atoms with Gasteiger partial charge in [-0.3, -0.25) is 0 Å². The van der Waals surface area contributed by atoms with Crippen LogP contribution in [0.15, 0.2) is 18.2 Å². The van der Waals surface area contributed by atoms with Gasteiger partial charge >= 0.3 is 0 Å². The van der Waals surface area contributed by atoms with E-state index in [0.29, 0.717) is 0 Å². The summed E-state index contributed by atoms with van der Waals surface area (Å²) in [6, 6.07) is 6.87. The van der Waals surface area contributed by atoms with Crippen molar-refractivity contribution < 1.29 is 0 Å². The first-order chi connectivity index (χ1) is 7.24. The topological polar surface area (TPSA) is 0 Å². The summed E-state index contributed by atoms with van der Waals surface area (Å²) in [5.41, 5.74) is 4.35. The molecule has 1 aromatic carbocycles. The Morgan fingerprint density at radius 3 is 2.27 bits per heavy atom. The lowest BCUT2D eigenvalue weighted by Crippen LogP contribution is -1.89. The number of hydrogen-bond acceptors (Lipinski definition) is 0. The lowest BCUT2D eigenvalue weighted by atomic mass is 10.0. The van der Waals surface area contributed by atoms with Gasteiger partial charge < -0.3 is 0 Å². The van der Waals surface area contributed by atoms with Crippen molar-refractivity contribution in [2.45, 2.75) is 59.3 Å². The summed E-state index contributed by atoms with van der Waals surface area (Å²) in [7, 11) is 0. The minimum absolute atomic E-state index is 1.25. The smallest absolute Gasteiger partial charge is 0.0279 e. The average molecular weight is 204 g/mol. The maximum absolute atomic E-state index is 2.34. The molecular formula is C15H24. The number of aryl methyl sites for hydroxylation is 3. The second-order valence-electron chi connectivity index (χ2n) is 4.58. The van der Waals surface area contributed by atoms with Gasteiger partial charge in [-0.1, -0.05) is 50.8 Å². The molecule has 1 rings (SSSR count). The van der Waals surface area contributed by atoms with Crippen molar-refractivity contribution >= 4 is 0 Å². The van der Waals surface area contributed by atoms with Crippen molar-refractivity contribution in [3.63, 3.8) is 0 Å². The molecule has 0 amide bonds. The van der Waals surface area contributed by atoms with Gasteiger partial charge in [-0.25, -0.2) is 0 Å². The molecule has 1 aromatic rings. The SMILES string of the molecule is CCCCCCCc1ccc(C)c(C)c1. The van der Waals surface area contributed by atoms with E-state index in [1.165, 1.54) is 55.2 Å². The van der Waals surface area contributed by atoms with Crippen molar-refractivity contribution in [2.75, 3.05) is 0 Å². The van der Waals surface area contributed by atoms with E-state index in [1.54, 1.807) is 0 Å². The van der Waals surface area contributed by atoms with Crippen LogP contribution in [0.5, 0.6) is 0 Å². The third kappa shape index (κ3) is 4.51. The van der Waals surface area contributed by atoms with E-state index in [0.717, 1.165) is 0 Å². The van der Waals surface area contributed by atoms with Crippen LogP contribution >= 0.6 is 0 Å². The summed E-state index contributed by atoms with van der Waals surface area (Å²) < 4.78 is 0. The van der Waals surface area contributed by atoms with E-state index < -0.39 is 0 Å². The van der Waals surface area contributed by atoms with Crippen LogP contribution in [0.3, 0.4) is 0 Å². The Hall–Kier alpha value is -0.780. The molecular weight excluding hydrogens is 180 g/mol. The van der Waals surface area contributed by atoms with Crippen LogP contribution < -0.4 is 0 Å². The van der Waals surface area contributed by atoms with Crippen molar-refractivity contribution in [3.05, 3.63) is 34.9 Å². The highest BCUT2D eigenvalue weighted by molar-refractivity contribution is 5.29. The molecule has 0 unspecified atom stereocenters. The Balaban J connectivity index is 2.28. The molecule has 0 atom stereocenters. The molecule has 0 saturated carbocycles. The van der Waals surface area contributed by atoms with E-state index in [4.69, 9.17) is 0 Å². The highest BCUT2D eigenvalue weighted by Crippen LogP contribution is 2.13. The second kappa shape index (κ2) is 6.66. The minimum atomic E-state index is 1.25. The zero-order valence-electron chi connectivity index (χ0n) is 10.5. The molecule has 0 fully saturated rings. The lowest BCUT2D eigenvalue weighted by Gasteiger charge is -2.05. The van der Waals surface area contributed by atoms with Crippen LogP contribution in [0.1, 0.15) is 55.7 Å². The normalized spacial score (nSPS) is 10.6. The average Bonchev–Trinajstić information content (AvgIpc) is 2.23. The maximum atomic E-state index is 2.34. The molecule has 0 aliphatic heterocycles. The number of unbranched alkanes of at least 4 members (excludes halogenated alkanes) is 4. The number of benzene rings is 1. The summed E-state index contributed by atoms with van der Waals surface area (Å²) in [5, 5.41) is 0. The van der Waals surface area contributed by atoms with Gasteiger partial charge in [0.2, 0.25) is 0 Å². The monoisotopic (exact) mass is 204 g/mol. The van der Waals surface area contributed by atoms with Crippen molar-refractivity contribution in [3.8, 4) is 0 Å². The first-order valence-corrected chi connectivity index (χ1v) is 6.30. The number of hydrogen-bond donors (Lipinski definition) is 0. The summed E-state index contributed by atoms with van der Waals surface area (Å²) in [4.78, 5) is 0. The third-order valence-corrected chi connectivity index (χ3v) is 3.14. The molecule has 84 valence electrons. The maximum Gasteiger partial charge on any atom is -0.0279 e. The molecule has 0 aliphatic carbocycles. The first-order valence-electron chi connectivity index (χ1n) is 6.30.